The van der Waals surface area contributed by atoms with E-state index in [1.54, 1.807) is 0 Å². The van der Waals surface area contributed by atoms with Gasteiger partial charge in [-0.1, -0.05) is 46.0 Å². The Kier molecular flexibility index (Phi) is 6.37. The molecule has 0 aromatic rings. The maximum atomic E-state index is 5.71. The first-order chi connectivity index (χ1) is 7.64. The van der Waals surface area contributed by atoms with Gasteiger partial charge in [-0.2, -0.15) is 0 Å². The van der Waals surface area contributed by atoms with Gasteiger partial charge < -0.3 is 11.1 Å². The summed E-state index contributed by atoms with van der Waals surface area (Å²) in [6.45, 7) is 7.60. The molecule has 0 saturated heterocycles. The van der Waals surface area contributed by atoms with Crippen molar-refractivity contribution in [2.75, 3.05) is 19.6 Å². The number of rotatable bonds is 7. The van der Waals surface area contributed by atoms with E-state index in [-0.39, 0.29) is 0 Å². The van der Waals surface area contributed by atoms with Gasteiger partial charge >= 0.3 is 0 Å². The van der Waals surface area contributed by atoms with Gasteiger partial charge in [0.05, 0.1) is 0 Å². The van der Waals surface area contributed by atoms with E-state index in [0.29, 0.717) is 5.41 Å². The second kappa shape index (κ2) is 7.29. The normalized spacial score (nSPS) is 18.9. The lowest BCUT2D eigenvalue weighted by molar-refractivity contribution is 0.316. The van der Waals surface area contributed by atoms with Crippen LogP contribution in [0.4, 0.5) is 0 Å². The van der Waals surface area contributed by atoms with Crippen LogP contribution >= 0.6 is 0 Å². The van der Waals surface area contributed by atoms with Crippen LogP contribution in [0, 0.1) is 11.3 Å². The van der Waals surface area contributed by atoms with Gasteiger partial charge in [-0.3, -0.25) is 0 Å². The first-order valence-electron chi connectivity index (χ1n) is 7.05. The Morgan fingerprint density at radius 3 is 2.44 bits per heavy atom. The zero-order valence-corrected chi connectivity index (χ0v) is 11.2. The molecule has 0 atom stereocenters. The van der Waals surface area contributed by atoms with Crippen molar-refractivity contribution in [3.8, 4) is 0 Å². The van der Waals surface area contributed by atoms with Gasteiger partial charge in [0.2, 0.25) is 0 Å². The molecule has 16 heavy (non-hydrogen) atoms. The van der Waals surface area contributed by atoms with Crippen LogP contribution in [-0.4, -0.2) is 19.6 Å². The molecule has 1 saturated carbocycles. The Hall–Kier alpha value is -0.0800. The third-order valence-electron chi connectivity index (χ3n) is 3.99. The highest BCUT2D eigenvalue weighted by molar-refractivity contribution is 4.71. The van der Waals surface area contributed by atoms with Crippen molar-refractivity contribution in [1.29, 1.82) is 0 Å². The smallest absolute Gasteiger partial charge is 0.00253 e. The Bertz CT molecular complexity index is 172. The lowest BCUT2D eigenvalue weighted by atomic mass is 9.87. The molecule has 0 amide bonds. The van der Waals surface area contributed by atoms with Crippen LogP contribution in [0.5, 0.6) is 0 Å². The highest BCUT2D eigenvalue weighted by Crippen LogP contribution is 2.25. The molecule has 3 N–H and O–H groups in total. The third-order valence-corrected chi connectivity index (χ3v) is 3.99. The van der Waals surface area contributed by atoms with E-state index < -0.39 is 0 Å². The van der Waals surface area contributed by atoms with Crippen molar-refractivity contribution in [3.05, 3.63) is 0 Å². The lowest BCUT2D eigenvalue weighted by Gasteiger charge is -2.24. The topological polar surface area (TPSA) is 38.0 Å². The van der Waals surface area contributed by atoms with Crippen molar-refractivity contribution in [1.82, 2.24) is 5.32 Å². The quantitative estimate of drug-likeness (QED) is 0.655. The van der Waals surface area contributed by atoms with Crippen LogP contribution in [-0.2, 0) is 0 Å². The van der Waals surface area contributed by atoms with E-state index in [4.69, 9.17) is 5.73 Å². The van der Waals surface area contributed by atoms with Crippen molar-refractivity contribution in [2.45, 2.75) is 58.8 Å². The third kappa shape index (κ3) is 5.86. The molecule has 2 heteroatoms. The fraction of sp³-hybridized carbons (Fsp3) is 1.00. The SMILES string of the molecule is CC(C)(CN)CCNCCC1CCCCC1. The molecule has 0 aliphatic heterocycles. The second-order valence-electron chi connectivity index (χ2n) is 6.16. The van der Waals surface area contributed by atoms with Gasteiger partial charge in [0.15, 0.2) is 0 Å². The molecule has 1 fully saturated rings. The zero-order chi connectivity index (χ0) is 11.9. The number of hydrogen-bond acceptors (Lipinski definition) is 2. The number of nitrogens with two attached hydrogens (primary N) is 1. The zero-order valence-electron chi connectivity index (χ0n) is 11.2. The van der Waals surface area contributed by atoms with Crippen LogP contribution in [0.15, 0.2) is 0 Å². The fourth-order valence-electron chi connectivity index (χ4n) is 2.44. The van der Waals surface area contributed by atoms with Crippen molar-refractivity contribution in [3.63, 3.8) is 0 Å². The first kappa shape index (κ1) is 14.0. The van der Waals surface area contributed by atoms with Gasteiger partial charge in [-0.25, -0.2) is 0 Å². The molecular weight excluding hydrogens is 196 g/mol. The largest absolute Gasteiger partial charge is 0.330 e. The Labute approximate surface area is 101 Å². The Balaban J connectivity index is 1.95. The highest BCUT2D eigenvalue weighted by Gasteiger charge is 2.15. The summed E-state index contributed by atoms with van der Waals surface area (Å²) in [5, 5.41) is 3.57. The molecule has 1 aliphatic carbocycles. The highest BCUT2D eigenvalue weighted by atomic mass is 14.8. The van der Waals surface area contributed by atoms with Crippen molar-refractivity contribution >= 4 is 0 Å². The average molecular weight is 226 g/mol. The van der Waals surface area contributed by atoms with Crippen molar-refractivity contribution < 1.29 is 0 Å². The van der Waals surface area contributed by atoms with Crippen LogP contribution in [0.25, 0.3) is 0 Å². The summed E-state index contributed by atoms with van der Waals surface area (Å²) in [6.07, 6.45) is 9.90. The van der Waals surface area contributed by atoms with Crippen LogP contribution in [0.3, 0.4) is 0 Å². The minimum Gasteiger partial charge on any atom is -0.330 e. The predicted octanol–water partition coefficient (Wildman–Crippen LogP) is 2.92. The van der Waals surface area contributed by atoms with E-state index in [1.165, 1.54) is 51.5 Å². The lowest BCUT2D eigenvalue weighted by Crippen LogP contribution is -2.29. The molecule has 0 aromatic carbocycles. The molecule has 0 aromatic heterocycles. The predicted molar refractivity (Wildman–Crippen MR) is 71.5 cm³/mol. The van der Waals surface area contributed by atoms with Gasteiger partial charge in [0, 0.05) is 0 Å². The second-order valence-corrected chi connectivity index (χ2v) is 6.16. The first-order valence-corrected chi connectivity index (χ1v) is 7.05. The van der Waals surface area contributed by atoms with E-state index in [2.05, 4.69) is 19.2 Å². The van der Waals surface area contributed by atoms with Gasteiger partial charge in [0.1, 0.15) is 0 Å². The van der Waals surface area contributed by atoms with Gasteiger partial charge in [-0.05, 0) is 43.8 Å². The molecule has 1 aliphatic rings. The van der Waals surface area contributed by atoms with E-state index in [0.717, 1.165) is 19.0 Å². The minimum absolute atomic E-state index is 0.303. The van der Waals surface area contributed by atoms with Crippen LogP contribution in [0.2, 0.25) is 0 Å². The Morgan fingerprint density at radius 2 is 1.81 bits per heavy atom. The summed E-state index contributed by atoms with van der Waals surface area (Å²) in [4.78, 5) is 0. The summed E-state index contributed by atoms with van der Waals surface area (Å²) in [6, 6.07) is 0. The molecule has 0 heterocycles. The van der Waals surface area contributed by atoms with E-state index in [9.17, 15) is 0 Å². The number of hydrogen-bond donors (Lipinski definition) is 2. The van der Waals surface area contributed by atoms with Gasteiger partial charge in [-0.15, -0.1) is 0 Å². The summed E-state index contributed by atoms with van der Waals surface area (Å²) < 4.78 is 0. The molecular formula is C14H30N2. The molecule has 0 radical (unpaired) electrons. The average Bonchev–Trinajstić information content (AvgIpc) is 2.30. The Morgan fingerprint density at radius 1 is 1.12 bits per heavy atom. The van der Waals surface area contributed by atoms with Gasteiger partial charge in [0.25, 0.3) is 0 Å². The number of nitrogens with one attached hydrogen (secondary N) is 1. The minimum atomic E-state index is 0.303. The summed E-state index contributed by atoms with van der Waals surface area (Å²) in [7, 11) is 0. The fourth-order valence-corrected chi connectivity index (χ4v) is 2.44. The molecule has 1 rings (SSSR count). The van der Waals surface area contributed by atoms with E-state index in [1.807, 2.05) is 0 Å². The maximum absolute atomic E-state index is 5.71. The van der Waals surface area contributed by atoms with Crippen LogP contribution in [0.1, 0.15) is 58.8 Å². The van der Waals surface area contributed by atoms with Crippen molar-refractivity contribution in [2.24, 2.45) is 17.1 Å². The van der Waals surface area contributed by atoms with Crippen LogP contribution < -0.4 is 11.1 Å². The monoisotopic (exact) mass is 226 g/mol. The molecule has 2 nitrogen and oxygen atoms in total. The standard InChI is InChI=1S/C14H30N2/c1-14(2,12-15)9-11-16-10-8-13-6-4-3-5-7-13/h13,16H,3-12,15H2,1-2H3. The molecule has 0 unspecified atom stereocenters. The summed E-state index contributed by atoms with van der Waals surface area (Å²) >= 11 is 0. The van der Waals surface area contributed by atoms with E-state index >= 15 is 0 Å². The summed E-state index contributed by atoms with van der Waals surface area (Å²) in [5.74, 6) is 1.00. The molecule has 0 spiro atoms. The molecule has 96 valence electrons. The maximum Gasteiger partial charge on any atom is -0.00253 e. The molecule has 0 bridgehead atoms. The summed E-state index contributed by atoms with van der Waals surface area (Å²) in [5.41, 5.74) is 6.01.